The van der Waals surface area contributed by atoms with Crippen molar-refractivity contribution in [2.24, 2.45) is 4.99 Å². The molecule has 0 aromatic carbocycles. The fourth-order valence-corrected chi connectivity index (χ4v) is 0.922. The van der Waals surface area contributed by atoms with Crippen LogP contribution in [0.2, 0.25) is 0 Å². The first-order valence-corrected chi connectivity index (χ1v) is 3.62. The smallest absolute Gasteiger partial charge is 0.155 e. The number of aliphatic imine (C=N–C) groups is 1. The topological polar surface area (TPSA) is 53.1 Å². The lowest BCUT2D eigenvalue weighted by atomic mass is 10.4. The summed E-state index contributed by atoms with van der Waals surface area (Å²) >= 11 is 0. The summed E-state index contributed by atoms with van der Waals surface area (Å²) in [4.78, 5) is 4.16. The highest BCUT2D eigenvalue weighted by Crippen LogP contribution is 1.96. The van der Waals surface area contributed by atoms with Crippen LogP contribution in [0.3, 0.4) is 0 Å². The average Bonchev–Trinajstić information content (AvgIpc) is 2.48. The van der Waals surface area contributed by atoms with Crippen molar-refractivity contribution in [3.63, 3.8) is 0 Å². The molecule has 4 heteroatoms. The molecule has 0 bridgehead atoms. The van der Waals surface area contributed by atoms with Gasteiger partial charge in [-0.2, -0.15) is 5.10 Å². The predicted octanol–water partition coefficient (Wildman–Crippen LogP) is 0.787. The molecular weight excluding hydrogens is 152 g/mol. The van der Waals surface area contributed by atoms with Crippen LogP contribution in [-0.4, -0.2) is 16.0 Å². The van der Waals surface area contributed by atoms with Gasteiger partial charge in [0.05, 0.1) is 0 Å². The number of nitrogens with one attached hydrogen (secondary N) is 2. The number of hydrogen-bond acceptors (Lipinski definition) is 3. The summed E-state index contributed by atoms with van der Waals surface area (Å²) in [5, 5.41) is 9.68. The molecule has 60 valence electrons. The summed E-state index contributed by atoms with van der Waals surface area (Å²) in [7, 11) is 0. The van der Waals surface area contributed by atoms with Gasteiger partial charge in [0.1, 0.15) is 5.69 Å². The van der Waals surface area contributed by atoms with E-state index < -0.39 is 0 Å². The van der Waals surface area contributed by atoms with Crippen molar-refractivity contribution in [1.82, 2.24) is 15.5 Å². The molecule has 2 rings (SSSR count). The Labute approximate surface area is 69.7 Å². The molecule has 0 spiro atoms. The number of allylic oxidation sites excluding steroid dienone is 2. The average molecular weight is 160 g/mol. The van der Waals surface area contributed by atoms with E-state index in [1.807, 2.05) is 24.4 Å². The third-order valence-electron chi connectivity index (χ3n) is 1.47. The van der Waals surface area contributed by atoms with Gasteiger partial charge in [-0.25, -0.2) is 4.99 Å². The minimum absolute atomic E-state index is 0.775. The third-order valence-corrected chi connectivity index (χ3v) is 1.47. The van der Waals surface area contributed by atoms with E-state index in [2.05, 4.69) is 20.5 Å². The SMILES string of the molecule is C1=CN=C(c2ccn[nH]2)NC=C1. The van der Waals surface area contributed by atoms with E-state index in [0.29, 0.717) is 0 Å². The lowest BCUT2D eigenvalue weighted by Crippen LogP contribution is -2.18. The number of rotatable bonds is 1. The lowest BCUT2D eigenvalue weighted by Gasteiger charge is -1.99. The summed E-state index contributed by atoms with van der Waals surface area (Å²) < 4.78 is 0. The Hall–Kier alpha value is -1.84. The van der Waals surface area contributed by atoms with Crippen molar-refractivity contribution in [2.45, 2.75) is 0 Å². The molecule has 12 heavy (non-hydrogen) atoms. The van der Waals surface area contributed by atoms with Crippen LogP contribution in [0.4, 0.5) is 0 Å². The monoisotopic (exact) mass is 160 g/mol. The van der Waals surface area contributed by atoms with Crippen LogP contribution in [0.1, 0.15) is 5.69 Å². The van der Waals surface area contributed by atoms with Crippen LogP contribution in [0.15, 0.2) is 41.8 Å². The molecule has 0 radical (unpaired) electrons. The van der Waals surface area contributed by atoms with Crippen LogP contribution in [0.25, 0.3) is 0 Å². The number of hydrogen-bond donors (Lipinski definition) is 2. The molecule has 1 aromatic heterocycles. The van der Waals surface area contributed by atoms with E-state index in [-0.39, 0.29) is 0 Å². The fourth-order valence-electron chi connectivity index (χ4n) is 0.922. The van der Waals surface area contributed by atoms with Crippen LogP contribution in [0, 0.1) is 0 Å². The highest BCUT2D eigenvalue weighted by molar-refractivity contribution is 5.98. The molecule has 0 fully saturated rings. The Kier molecular flexibility index (Phi) is 1.74. The molecule has 0 aliphatic carbocycles. The maximum Gasteiger partial charge on any atom is 0.155 e. The number of aromatic amines is 1. The molecule has 2 heterocycles. The summed E-state index contributed by atoms with van der Waals surface area (Å²) in [5.74, 6) is 0.775. The predicted molar refractivity (Wildman–Crippen MR) is 46.5 cm³/mol. The van der Waals surface area contributed by atoms with Gasteiger partial charge in [-0.15, -0.1) is 0 Å². The third kappa shape index (κ3) is 1.27. The fraction of sp³-hybridized carbons (Fsp3) is 0. The molecule has 0 atom stereocenters. The van der Waals surface area contributed by atoms with Crippen LogP contribution in [-0.2, 0) is 0 Å². The maximum absolute atomic E-state index is 4.16. The molecule has 0 saturated carbocycles. The standard InChI is InChI=1S/C8H8N4/c1-2-5-10-8(9-4-1)7-3-6-11-12-7/h1-6H,(H,9,10)(H,11,12). The van der Waals surface area contributed by atoms with Gasteiger partial charge in [-0.1, -0.05) is 0 Å². The quantitative estimate of drug-likeness (QED) is 0.638. The van der Waals surface area contributed by atoms with E-state index in [9.17, 15) is 0 Å². The van der Waals surface area contributed by atoms with Crippen LogP contribution in [0.5, 0.6) is 0 Å². The van der Waals surface area contributed by atoms with E-state index in [4.69, 9.17) is 0 Å². The molecule has 0 saturated heterocycles. The van der Waals surface area contributed by atoms with Gasteiger partial charge in [0.2, 0.25) is 0 Å². The second kappa shape index (κ2) is 3.04. The molecule has 1 aromatic rings. The molecule has 0 amide bonds. The summed E-state index contributed by atoms with van der Waals surface area (Å²) in [6, 6.07) is 1.86. The van der Waals surface area contributed by atoms with Gasteiger partial charge in [0, 0.05) is 18.6 Å². The van der Waals surface area contributed by atoms with Crippen LogP contribution >= 0.6 is 0 Å². The normalized spacial score (nSPS) is 15.2. The van der Waals surface area contributed by atoms with Crippen molar-refractivity contribution < 1.29 is 0 Å². The van der Waals surface area contributed by atoms with E-state index in [1.54, 1.807) is 12.4 Å². The second-order valence-electron chi connectivity index (χ2n) is 2.29. The highest BCUT2D eigenvalue weighted by Gasteiger charge is 2.01. The summed E-state index contributed by atoms with van der Waals surface area (Å²) in [5.41, 5.74) is 0.881. The van der Waals surface area contributed by atoms with Crippen molar-refractivity contribution in [3.05, 3.63) is 42.5 Å². The van der Waals surface area contributed by atoms with Crippen molar-refractivity contribution >= 4 is 5.84 Å². The zero-order chi connectivity index (χ0) is 8.23. The molecule has 0 unspecified atom stereocenters. The van der Waals surface area contributed by atoms with Gasteiger partial charge < -0.3 is 5.32 Å². The molecular formula is C8H8N4. The van der Waals surface area contributed by atoms with E-state index in [1.165, 1.54) is 0 Å². The first-order valence-electron chi connectivity index (χ1n) is 3.62. The molecule has 4 nitrogen and oxygen atoms in total. The second-order valence-corrected chi connectivity index (χ2v) is 2.29. The zero-order valence-electron chi connectivity index (χ0n) is 6.36. The minimum atomic E-state index is 0.775. The van der Waals surface area contributed by atoms with Gasteiger partial charge in [0.15, 0.2) is 5.84 Å². The Balaban J connectivity index is 2.30. The van der Waals surface area contributed by atoms with Crippen molar-refractivity contribution in [2.75, 3.05) is 0 Å². The Bertz CT molecular complexity index is 332. The molecule has 1 aliphatic rings. The van der Waals surface area contributed by atoms with Gasteiger partial charge >= 0.3 is 0 Å². The van der Waals surface area contributed by atoms with E-state index >= 15 is 0 Å². The molecule has 1 aliphatic heterocycles. The maximum atomic E-state index is 4.16. The highest BCUT2D eigenvalue weighted by atomic mass is 15.1. The lowest BCUT2D eigenvalue weighted by molar-refractivity contribution is 1.06. The number of amidine groups is 1. The summed E-state index contributed by atoms with van der Waals surface area (Å²) in [6.07, 6.45) is 8.98. The number of nitrogens with zero attached hydrogens (tertiary/aromatic N) is 2. The van der Waals surface area contributed by atoms with Crippen molar-refractivity contribution in [3.8, 4) is 0 Å². The first-order chi connectivity index (χ1) is 5.97. The van der Waals surface area contributed by atoms with Gasteiger partial charge in [-0.05, 0) is 18.2 Å². The van der Waals surface area contributed by atoms with Gasteiger partial charge in [-0.3, -0.25) is 5.10 Å². The van der Waals surface area contributed by atoms with E-state index in [0.717, 1.165) is 11.5 Å². The Morgan fingerprint density at radius 3 is 3.08 bits per heavy atom. The summed E-state index contributed by atoms with van der Waals surface area (Å²) in [6.45, 7) is 0. The zero-order valence-corrected chi connectivity index (χ0v) is 6.36. The minimum Gasteiger partial charge on any atom is -0.345 e. The largest absolute Gasteiger partial charge is 0.345 e. The van der Waals surface area contributed by atoms with Crippen molar-refractivity contribution in [1.29, 1.82) is 0 Å². The number of aromatic nitrogens is 2. The molecule has 2 N–H and O–H groups in total. The Morgan fingerprint density at radius 2 is 2.25 bits per heavy atom. The van der Waals surface area contributed by atoms with Crippen LogP contribution < -0.4 is 5.32 Å². The number of H-pyrrole nitrogens is 1. The Morgan fingerprint density at radius 1 is 1.25 bits per heavy atom. The first kappa shape index (κ1) is 6.84. The van der Waals surface area contributed by atoms with Gasteiger partial charge in [0.25, 0.3) is 0 Å².